The maximum absolute atomic E-state index is 11.9. The number of aliphatic carboxylic acids is 1. The fourth-order valence-electron chi connectivity index (χ4n) is 2.10. The van der Waals surface area contributed by atoms with E-state index in [4.69, 9.17) is 9.84 Å². The van der Waals surface area contributed by atoms with Crippen molar-refractivity contribution >= 4 is 11.9 Å². The number of hydrogen-bond acceptors (Lipinski definition) is 4. The first kappa shape index (κ1) is 15.9. The molecule has 0 unspecified atom stereocenters. The highest BCUT2D eigenvalue weighted by molar-refractivity contribution is 5.76. The fraction of sp³-hybridized carbons (Fsp3) is 0.846. The Labute approximate surface area is 114 Å². The van der Waals surface area contributed by atoms with E-state index in [0.717, 1.165) is 0 Å². The molecular formula is C13H24N2O4. The van der Waals surface area contributed by atoms with Gasteiger partial charge in [-0.3, -0.25) is 14.5 Å². The second-order valence-electron chi connectivity index (χ2n) is 5.05. The number of rotatable bonds is 7. The number of morpholine rings is 1. The lowest BCUT2D eigenvalue weighted by molar-refractivity contribution is -0.138. The first-order valence-corrected chi connectivity index (χ1v) is 6.82. The quantitative estimate of drug-likeness (QED) is 0.727. The molecule has 0 spiro atoms. The summed E-state index contributed by atoms with van der Waals surface area (Å²) in [4.78, 5) is 26.3. The largest absolute Gasteiger partial charge is 0.480 e. The average molecular weight is 272 g/mol. The van der Waals surface area contributed by atoms with Crippen LogP contribution < -0.4 is 0 Å². The standard InChI is InChI=1S/C13H24N2O4/c1-11(2)15(10-13(17)18)5-3-4-12(16)14-6-8-19-9-7-14/h11H,3-10H2,1-2H3,(H,17,18). The Hall–Kier alpha value is -1.14. The van der Waals surface area contributed by atoms with Crippen molar-refractivity contribution in [3.8, 4) is 0 Å². The van der Waals surface area contributed by atoms with Crippen LogP contribution in [-0.2, 0) is 14.3 Å². The summed E-state index contributed by atoms with van der Waals surface area (Å²) in [5.74, 6) is -0.685. The molecule has 1 N–H and O–H groups in total. The highest BCUT2D eigenvalue weighted by Crippen LogP contribution is 2.05. The van der Waals surface area contributed by atoms with Gasteiger partial charge in [0.1, 0.15) is 0 Å². The van der Waals surface area contributed by atoms with Gasteiger partial charge in [0.05, 0.1) is 19.8 Å². The van der Waals surface area contributed by atoms with Crippen molar-refractivity contribution in [2.24, 2.45) is 0 Å². The highest BCUT2D eigenvalue weighted by atomic mass is 16.5. The number of ether oxygens (including phenoxy) is 1. The molecule has 0 aromatic carbocycles. The highest BCUT2D eigenvalue weighted by Gasteiger charge is 2.18. The van der Waals surface area contributed by atoms with Crippen LogP contribution in [0.1, 0.15) is 26.7 Å². The van der Waals surface area contributed by atoms with Crippen LogP contribution in [0.15, 0.2) is 0 Å². The first-order valence-electron chi connectivity index (χ1n) is 6.82. The van der Waals surface area contributed by atoms with Gasteiger partial charge in [-0.05, 0) is 26.8 Å². The van der Waals surface area contributed by atoms with Gasteiger partial charge in [0.2, 0.25) is 5.91 Å². The Morgan fingerprint density at radius 2 is 1.95 bits per heavy atom. The Kier molecular flexibility index (Phi) is 6.80. The van der Waals surface area contributed by atoms with Crippen molar-refractivity contribution in [3.05, 3.63) is 0 Å². The molecule has 0 atom stereocenters. The molecule has 19 heavy (non-hydrogen) atoms. The van der Waals surface area contributed by atoms with Crippen molar-refractivity contribution in [1.82, 2.24) is 9.80 Å². The van der Waals surface area contributed by atoms with Crippen LogP contribution in [0.4, 0.5) is 0 Å². The van der Waals surface area contributed by atoms with Crippen molar-refractivity contribution in [2.45, 2.75) is 32.7 Å². The lowest BCUT2D eigenvalue weighted by Gasteiger charge is -2.28. The van der Waals surface area contributed by atoms with Gasteiger partial charge in [-0.2, -0.15) is 0 Å². The molecule has 1 amide bonds. The molecule has 0 saturated carbocycles. The van der Waals surface area contributed by atoms with Gasteiger partial charge in [0.15, 0.2) is 0 Å². The van der Waals surface area contributed by atoms with Gasteiger partial charge >= 0.3 is 5.97 Å². The zero-order valence-electron chi connectivity index (χ0n) is 11.8. The summed E-state index contributed by atoms with van der Waals surface area (Å²) in [5, 5.41) is 8.81. The van der Waals surface area contributed by atoms with Crippen LogP contribution in [0.3, 0.4) is 0 Å². The molecule has 0 bridgehead atoms. The van der Waals surface area contributed by atoms with Crippen LogP contribution in [0.25, 0.3) is 0 Å². The maximum atomic E-state index is 11.9. The number of carbonyl (C=O) groups excluding carboxylic acids is 1. The van der Waals surface area contributed by atoms with Gasteiger partial charge in [-0.25, -0.2) is 0 Å². The van der Waals surface area contributed by atoms with E-state index >= 15 is 0 Å². The molecule has 0 aromatic heterocycles. The van der Waals surface area contributed by atoms with Crippen molar-refractivity contribution in [1.29, 1.82) is 0 Å². The zero-order chi connectivity index (χ0) is 14.3. The number of carboxylic acids is 1. The number of amides is 1. The molecular weight excluding hydrogens is 248 g/mol. The molecule has 0 aromatic rings. The summed E-state index contributed by atoms with van der Waals surface area (Å²) in [7, 11) is 0. The second kappa shape index (κ2) is 8.12. The molecule has 0 aliphatic carbocycles. The SMILES string of the molecule is CC(C)N(CCCC(=O)N1CCOCC1)CC(=O)O. The molecule has 1 aliphatic rings. The third kappa shape index (κ3) is 6.02. The van der Waals surface area contributed by atoms with E-state index in [-0.39, 0.29) is 18.5 Å². The van der Waals surface area contributed by atoms with E-state index in [1.807, 2.05) is 23.6 Å². The lowest BCUT2D eigenvalue weighted by atomic mass is 10.2. The third-order valence-corrected chi connectivity index (χ3v) is 3.27. The monoisotopic (exact) mass is 272 g/mol. The Morgan fingerprint density at radius 3 is 2.47 bits per heavy atom. The van der Waals surface area contributed by atoms with E-state index < -0.39 is 5.97 Å². The molecule has 1 heterocycles. The summed E-state index contributed by atoms with van der Waals surface area (Å²) in [6.07, 6.45) is 1.17. The maximum Gasteiger partial charge on any atom is 0.317 e. The normalized spacial score (nSPS) is 16.1. The molecule has 6 heteroatoms. The van der Waals surface area contributed by atoms with E-state index in [9.17, 15) is 9.59 Å². The van der Waals surface area contributed by atoms with Gasteiger partial charge in [-0.1, -0.05) is 0 Å². The van der Waals surface area contributed by atoms with Crippen LogP contribution in [0.2, 0.25) is 0 Å². The first-order chi connectivity index (χ1) is 9.00. The van der Waals surface area contributed by atoms with Crippen LogP contribution in [0, 0.1) is 0 Å². The minimum atomic E-state index is -0.826. The van der Waals surface area contributed by atoms with E-state index in [1.54, 1.807) is 0 Å². The number of carbonyl (C=O) groups is 2. The smallest absolute Gasteiger partial charge is 0.317 e. The summed E-state index contributed by atoms with van der Waals surface area (Å²) in [6.45, 7) is 7.17. The minimum Gasteiger partial charge on any atom is -0.480 e. The van der Waals surface area contributed by atoms with Gasteiger partial charge in [0, 0.05) is 25.6 Å². The summed E-state index contributed by atoms with van der Waals surface area (Å²) in [6, 6.07) is 0.176. The van der Waals surface area contributed by atoms with E-state index in [0.29, 0.717) is 45.7 Å². The van der Waals surface area contributed by atoms with Gasteiger partial charge in [0.25, 0.3) is 0 Å². The van der Waals surface area contributed by atoms with Crippen LogP contribution in [0.5, 0.6) is 0 Å². The molecule has 110 valence electrons. The summed E-state index contributed by atoms with van der Waals surface area (Å²) >= 11 is 0. The average Bonchev–Trinajstić information content (AvgIpc) is 2.37. The van der Waals surface area contributed by atoms with E-state index in [1.165, 1.54) is 0 Å². The molecule has 1 rings (SSSR count). The fourth-order valence-corrected chi connectivity index (χ4v) is 2.10. The molecule has 6 nitrogen and oxygen atoms in total. The topological polar surface area (TPSA) is 70.1 Å². The van der Waals surface area contributed by atoms with Crippen LogP contribution in [-0.4, -0.2) is 72.2 Å². The second-order valence-corrected chi connectivity index (χ2v) is 5.05. The van der Waals surface area contributed by atoms with Crippen molar-refractivity contribution < 1.29 is 19.4 Å². The predicted molar refractivity (Wildman–Crippen MR) is 71.0 cm³/mol. The third-order valence-electron chi connectivity index (χ3n) is 3.27. The Morgan fingerprint density at radius 1 is 1.32 bits per heavy atom. The minimum absolute atomic E-state index is 0.0312. The molecule has 1 fully saturated rings. The molecule has 0 radical (unpaired) electrons. The van der Waals surface area contributed by atoms with Gasteiger partial charge in [-0.15, -0.1) is 0 Å². The number of nitrogens with zero attached hydrogens (tertiary/aromatic N) is 2. The van der Waals surface area contributed by atoms with Crippen molar-refractivity contribution in [2.75, 3.05) is 39.4 Å². The molecule has 1 saturated heterocycles. The lowest BCUT2D eigenvalue weighted by Crippen LogP contribution is -2.41. The predicted octanol–water partition coefficient (Wildman–Crippen LogP) is 0.420. The zero-order valence-corrected chi connectivity index (χ0v) is 11.8. The van der Waals surface area contributed by atoms with Crippen LogP contribution >= 0.6 is 0 Å². The summed E-state index contributed by atoms with van der Waals surface area (Å²) in [5.41, 5.74) is 0. The summed E-state index contributed by atoms with van der Waals surface area (Å²) < 4.78 is 5.20. The Balaban J connectivity index is 2.26. The van der Waals surface area contributed by atoms with Gasteiger partial charge < -0.3 is 14.7 Å². The Bertz CT molecular complexity index is 301. The van der Waals surface area contributed by atoms with Crippen molar-refractivity contribution in [3.63, 3.8) is 0 Å². The number of hydrogen-bond donors (Lipinski definition) is 1. The molecule has 1 aliphatic heterocycles. The number of carboxylic acid groups (broad SMARTS) is 1. The van der Waals surface area contributed by atoms with E-state index in [2.05, 4.69) is 0 Å².